The summed E-state index contributed by atoms with van der Waals surface area (Å²) in [5.41, 5.74) is 0. The van der Waals surface area contributed by atoms with E-state index in [2.05, 4.69) is 5.29 Å². The number of hydrogen-bond acceptors (Lipinski definition) is 9. The lowest BCUT2D eigenvalue weighted by atomic mass is 9.95. The van der Waals surface area contributed by atoms with Crippen molar-refractivity contribution in [2.75, 3.05) is 19.0 Å². The van der Waals surface area contributed by atoms with Gasteiger partial charge in [-0.3, -0.25) is 4.90 Å². The molecule has 0 bridgehead atoms. The molecule has 1 saturated carbocycles. The van der Waals surface area contributed by atoms with Gasteiger partial charge in [0.05, 0.1) is 17.9 Å². The molecular formula is C19H34ClN3O8. The molecule has 12 heteroatoms. The number of halogens is 1. The summed E-state index contributed by atoms with van der Waals surface area (Å²) in [6, 6.07) is -0.919. The quantitative estimate of drug-likeness (QED) is 0.168. The van der Waals surface area contributed by atoms with Gasteiger partial charge in [-0.25, -0.2) is 4.79 Å². The van der Waals surface area contributed by atoms with Crippen LogP contribution in [-0.2, 0) is 9.47 Å². The molecule has 2 aliphatic rings. The Kier molecular flexibility index (Phi) is 10.3. The number of carbonyl (C=O) groups is 1. The predicted octanol–water partition coefficient (Wildman–Crippen LogP) is 0.762. The van der Waals surface area contributed by atoms with Gasteiger partial charge in [-0.05, 0) is 18.8 Å². The fourth-order valence-electron chi connectivity index (χ4n) is 3.89. The second-order valence-corrected chi connectivity index (χ2v) is 8.85. The van der Waals surface area contributed by atoms with E-state index in [-0.39, 0.29) is 31.0 Å². The Morgan fingerprint density at radius 3 is 2.35 bits per heavy atom. The molecule has 1 saturated heterocycles. The summed E-state index contributed by atoms with van der Waals surface area (Å²) in [7, 11) is 0. The van der Waals surface area contributed by atoms with Crippen molar-refractivity contribution in [1.82, 2.24) is 9.91 Å². The van der Waals surface area contributed by atoms with Crippen LogP contribution in [0.2, 0.25) is 0 Å². The average molecular weight is 468 g/mol. The second kappa shape index (κ2) is 12.2. The minimum Gasteiger partial charge on any atom is -0.387 e. The maximum Gasteiger partial charge on any atom is 0.345 e. The number of amides is 2. The monoisotopic (exact) mass is 467 g/mol. The molecule has 180 valence electrons. The first-order valence-electron chi connectivity index (χ1n) is 10.7. The van der Waals surface area contributed by atoms with Crippen molar-refractivity contribution in [3.05, 3.63) is 4.91 Å². The van der Waals surface area contributed by atoms with Crippen LogP contribution in [0.1, 0.15) is 46.0 Å². The fourth-order valence-corrected chi connectivity index (χ4v) is 4.05. The highest BCUT2D eigenvalue weighted by Gasteiger charge is 2.50. The second-order valence-electron chi connectivity index (χ2n) is 8.47. The largest absolute Gasteiger partial charge is 0.387 e. The molecule has 2 fully saturated rings. The number of urea groups is 1. The van der Waals surface area contributed by atoms with Crippen molar-refractivity contribution in [1.29, 1.82) is 0 Å². The molecular weight excluding hydrogens is 434 g/mol. The molecule has 0 aromatic carbocycles. The van der Waals surface area contributed by atoms with Crippen LogP contribution in [0.25, 0.3) is 0 Å². The normalized spacial score (nSPS) is 30.8. The number of hydrogen-bond donors (Lipinski definition) is 4. The highest BCUT2D eigenvalue weighted by molar-refractivity contribution is 6.18. The van der Waals surface area contributed by atoms with Crippen LogP contribution in [0.15, 0.2) is 5.29 Å². The number of carbonyl (C=O) groups excluding carboxylic acids is 1. The van der Waals surface area contributed by atoms with Gasteiger partial charge >= 0.3 is 6.03 Å². The number of aliphatic hydroxyl groups is 4. The Morgan fingerprint density at radius 1 is 1.16 bits per heavy atom. The number of nitroso groups, excluding NO2 is 1. The maximum absolute atomic E-state index is 12.8. The highest BCUT2D eigenvalue weighted by atomic mass is 35.5. The molecule has 11 nitrogen and oxygen atoms in total. The molecule has 4 N–H and O–H groups in total. The van der Waals surface area contributed by atoms with E-state index in [0.717, 1.165) is 37.0 Å². The first-order chi connectivity index (χ1) is 14.7. The smallest absolute Gasteiger partial charge is 0.345 e. The fraction of sp³-hybridized carbons (Fsp3) is 0.947. The van der Waals surface area contributed by atoms with E-state index >= 15 is 0 Å². The summed E-state index contributed by atoms with van der Waals surface area (Å²) in [5, 5.41) is 45.3. The minimum absolute atomic E-state index is 0.00762. The Bertz CT molecular complexity index is 580. The van der Waals surface area contributed by atoms with Gasteiger partial charge in [0.25, 0.3) is 0 Å². The summed E-state index contributed by atoms with van der Waals surface area (Å²) in [6.07, 6.45) is -5.03. The Hall–Kier alpha value is -1.08. The Labute approximate surface area is 186 Å². The number of nitrogens with zero attached hydrogens (tertiary/aromatic N) is 3. The standard InChI is InChI=1S/C19H34ClN3O8/c1-11(2)10-22(19(28)23(21-29)9-8-20)17(27)16-14(25)13(24)15(26)18(31-16)30-12-6-4-3-5-7-12/h11-18,24-27H,3-10H2,1-2H3/t13-,14-,15+,16-,17?,18+/m0/s1. The van der Waals surface area contributed by atoms with Gasteiger partial charge in [-0.15, -0.1) is 16.5 Å². The summed E-state index contributed by atoms with van der Waals surface area (Å²) in [4.78, 5) is 24.8. The van der Waals surface area contributed by atoms with Crippen LogP contribution in [0.3, 0.4) is 0 Å². The highest BCUT2D eigenvalue weighted by Crippen LogP contribution is 2.30. The lowest BCUT2D eigenvalue weighted by Crippen LogP contribution is -2.65. The molecule has 0 radical (unpaired) electrons. The van der Waals surface area contributed by atoms with Crippen molar-refractivity contribution in [3.63, 3.8) is 0 Å². The number of rotatable bonds is 9. The Morgan fingerprint density at radius 2 is 1.81 bits per heavy atom. The van der Waals surface area contributed by atoms with Crippen LogP contribution in [0.4, 0.5) is 4.79 Å². The van der Waals surface area contributed by atoms with Gasteiger partial charge in [-0.2, -0.15) is 5.01 Å². The zero-order chi connectivity index (χ0) is 23.1. The van der Waals surface area contributed by atoms with Crippen LogP contribution in [0.5, 0.6) is 0 Å². The third-order valence-electron chi connectivity index (χ3n) is 5.52. The van der Waals surface area contributed by atoms with Crippen LogP contribution < -0.4 is 0 Å². The number of ether oxygens (including phenoxy) is 2. The minimum atomic E-state index is -1.75. The molecule has 31 heavy (non-hydrogen) atoms. The predicted molar refractivity (Wildman–Crippen MR) is 111 cm³/mol. The third-order valence-corrected chi connectivity index (χ3v) is 5.69. The lowest BCUT2D eigenvalue weighted by molar-refractivity contribution is -0.328. The molecule has 2 amide bonds. The van der Waals surface area contributed by atoms with Crippen molar-refractivity contribution in [2.45, 2.75) is 89.0 Å². The Balaban J connectivity index is 2.20. The maximum atomic E-state index is 12.8. The molecule has 0 aromatic rings. The van der Waals surface area contributed by atoms with E-state index in [4.69, 9.17) is 21.1 Å². The van der Waals surface area contributed by atoms with Crippen molar-refractivity contribution in [2.24, 2.45) is 11.2 Å². The number of alkyl halides is 1. The van der Waals surface area contributed by atoms with Crippen LogP contribution in [-0.4, -0.2) is 98.4 Å². The van der Waals surface area contributed by atoms with Gasteiger partial charge in [0.15, 0.2) is 12.5 Å². The van der Waals surface area contributed by atoms with Gasteiger partial charge in [0.2, 0.25) is 0 Å². The summed E-state index contributed by atoms with van der Waals surface area (Å²) in [6.45, 7) is 3.42. The average Bonchev–Trinajstić information content (AvgIpc) is 2.75. The molecule has 1 heterocycles. The van der Waals surface area contributed by atoms with E-state index in [1.807, 2.05) is 0 Å². The van der Waals surface area contributed by atoms with E-state index < -0.39 is 43.0 Å². The first-order valence-corrected chi connectivity index (χ1v) is 11.2. The molecule has 2 rings (SSSR count). The lowest BCUT2D eigenvalue weighted by Gasteiger charge is -2.45. The molecule has 6 atom stereocenters. The van der Waals surface area contributed by atoms with Crippen molar-refractivity contribution < 1.29 is 34.7 Å². The number of aliphatic hydroxyl groups excluding tert-OH is 4. The molecule has 1 unspecified atom stereocenters. The molecule has 1 aliphatic carbocycles. The van der Waals surface area contributed by atoms with Crippen LogP contribution >= 0.6 is 11.6 Å². The summed E-state index contributed by atoms with van der Waals surface area (Å²) < 4.78 is 11.5. The SMILES string of the molecule is CC(C)CN(C(=O)N(CCCl)N=O)C(O)[C@H]1O[C@@H](OC2CCCCC2)[C@H](O)[C@@H](O)[C@@H]1O. The third kappa shape index (κ3) is 6.70. The zero-order valence-electron chi connectivity index (χ0n) is 17.9. The molecule has 1 aliphatic heterocycles. The van der Waals surface area contributed by atoms with E-state index in [9.17, 15) is 30.1 Å². The van der Waals surface area contributed by atoms with E-state index in [1.165, 1.54) is 0 Å². The molecule has 0 aromatic heterocycles. The van der Waals surface area contributed by atoms with E-state index in [0.29, 0.717) is 5.01 Å². The van der Waals surface area contributed by atoms with Gasteiger partial charge < -0.3 is 29.9 Å². The van der Waals surface area contributed by atoms with Crippen molar-refractivity contribution >= 4 is 17.6 Å². The first kappa shape index (κ1) is 26.2. The van der Waals surface area contributed by atoms with E-state index in [1.54, 1.807) is 13.8 Å². The van der Waals surface area contributed by atoms with Gasteiger partial charge in [0.1, 0.15) is 24.4 Å². The van der Waals surface area contributed by atoms with Crippen molar-refractivity contribution in [3.8, 4) is 0 Å². The molecule has 0 spiro atoms. The van der Waals surface area contributed by atoms with Crippen LogP contribution in [0, 0.1) is 10.8 Å². The topological polar surface area (TPSA) is 152 Å². The van der Waals surface area contributed by atoms with Gasteiger partial charge in [-0.1, -0.05) is 33.1 Å². The van der Waals surface area contributed by atoms with Gasteiger partial charge in [0, 0.05) is 12.4 Å². The summed E-state index contributed by atoms with van der Waals surface area (Å²) >= 11 is 5.61. The summed E-state index contributed by atoms with van der Waals surface area (Å²) in [5.74, 6) is -0.165. The zero-order valence-corrected chi connectivity index (χ0v) is 18.7.